The number of hydrogen-bond donors (Lipinski definition) is 0. The second-order valence-corrected chi connectivity index (χ2v) is 8.06. The van der Waals surface area contributed by atoms with Crippen molar-refractivity contribution in [1.29, 1.82) is 0 Å². The standard InChI is InChI=1S/C19H24N2O4S/c1-15-7-5-6-8-18(15)21(26(4,23)24)14-19(22)20(2)13-16-9-11-17(25-3)12-10-16/h5-12H,13-14H2,1-4H3. The Kier molecular flexibility index (Phi) is 6.26. The number of carbonyl (C=O) groups excluding carboxylic acids is 1. The van der Waals surface area contributed by atoms with Crippen molar-refractivity contribution in [1.82, 2.24) is 4.90 Å². The number of hydrogen-bond acceptors (Lipinski definition) is 4. The van der Waals surface area contributed by atoms with E-state index in [1.807, 2.05) is 43.3 Å². The number of para-hydroxylation sites is 1. The maximum absolute atomic E-state index is 12.6. The Hall–Kier alpha value is -2.54. The van der Waals surface area contributed by atoms with Gasteiger partial charge in [-0.2, -0.15) is 0 Å². The number of likely N-dealkylation sites (N-methyl/N-ethyl adjacent to an activating group) is 1. The summed E-state index contributed by atoms with van der Waals surface area (Å²) in [6.45, 7) is 1.96. The van der Waals surface area contributed by atoms with Crippen molar-refractivity contribution in [2.24, 2.45) is 0 Å². The Morgan fingerprint density at radius 2 is 1.69 bits per heavy atom. The largest absolute Gasteiger partial charge is 0.497 e. The Morgan fingerprint density at radius 1 is 1.08 bits per heavy atom. The van der Waals surface area contributed by atoms with Crippen molar-refractivity contribution >= 4 is 21.6 Å². The van der Waals surface area contributed by atoms with E-state index in [-0.39, 0.29) is 12.5 Å². The summed E-state index contributed by atoms with van der Waals surface area (Å²) in [7, 11) is -0.331. The van der Waals surface area contributed by atoms with Crippen molar-refractivity contribution in [3.8, 4) is 5.75 Å². The fourth-order valence-electron chi connectivity index (χ4n) is 2.56. The summed E-state index contributed by atoms with van der Waals surface area (Å²) in [6.07, 6.45) is 1.11. The first-order valence-corrected chi connectivity index (χ1v) is 9.97. The number of methoxy groups -OCH3 is 1. The summed E-state index contributed by atoms with van der Waals surface area (Å²) in [5.41, 5.74) is 2.24. The van der Waals surface area contributed by atoms with Gasteiger partial charge in [-0.15, -0.1) is 0 Å². The van der Waals surface area contributed by atoms with E-state index in [0.29, 0.717) is 12.2 Å². The molecule has 2 aromatic carbocycles. The average Bonchev–Trinajstić information content (AvgIpc) is 2.60. The van der Waals surface area contributed by atoms with Crippen molar-refractivity contribution < 1.29 is 17.9 Å². The van der Waals surface area contributed by atoms with Crippen LogP contribution >= 0.6 is 0 Å². The lowest BCUT2D eigenvalue weighted by molar-refractivity contribution is -0.128. The van der Waals surface area contributed by atoms with E-state index >= 15 is 0 Å². The number of benzene rings is 2. The fourth-order valence-corrected chi connectivity index (χ4v) is 3.47. The highest BCUT2D eigenvalue weighted by molar-refractivity contribution is 7.92. The van der Waals surface area contributed by atoms with Gasteiger partial charge in [-0.1, -0.05) is 30.3 Å². The smallest absolute Gasteiger partial charge is 0.243 e. The van der Waals surface area contributed by atoms with E-state index in [9.17, 15) is 13.2 Å². The molecule has 0 aliphatic carbocycles. The molecule has 0 saturated carbocycles. The number of rotatable bonds is 7. The maximum Gasteiger partial charge on any atom is 0.243 e. The molecular formula is C19H24N2O4S. The van der Waals surface area contributed by atoms with Crippen molar-refractivity contribution in [3.63, 3.8) is 0 Å². The van der Waals surface area contributed by atoms with Gasteiger partial charge in [0.2, 0.25) is 15.9 Å². The number of amides is 1. The number of nitrogens with zero attached hydrogens (tertiary/aromatic N) is 2. The average molecular weight is 376 g/mol. The molecule has 0 atom stereocenters. The van der Waals surface area contributed by atoms with E-state index in [4.69, 9.17) is 4.74 Å². The molecule has 0 N–H and O–H groups in total. The van der Waals surface area contributed by atoms with Gasteiger partial charge in [0.15, 0.2) is 0 Å². The predicted octanol–water partition coefficient (Wildman–Crippen LogP) is 2.43. The van der Waals surface area contributed by atoms with Crippen LogP contribution in [0, 0.1) is 6.92 Å². The number of aryl methyl sites for hydroxylation is 1. The number of ether oxygens (including phenoxy) is 1. The van der Waals surface area contributed by atoms with Gasteiger partial charge >= 0.3 is 0 Å². The molecule has 0 unspecified atom stereocenters. The first kappa shape index (κ1) is 19.8. The van der Waals surface area contributed by atoms with Crippen LogP contribution in [0.3, 0.4) is 0 Å². The SMILES string of the molecule is COc1ccc(CN(C)C(=O)CN(c2ccccc2C)S(C)(=O)=O)cc1. The van der Waals surface area contributed by atoms with E-state index < -0.39 is 10.0 Å². The summed E-state index contributed by atoms with van der Waals surface area (Å²) in [5.74, 6) is 0.458. The third-order valence-electron chi connectivity index (χ3n) is 4.07. The van der Waals surface area contributed by atoms with Crippen molar-refractivity contribution in [3.05, 3.63) is 59.7 Å². The number of carbonyl (C=O) groups is 1. The molecule has 0 saturated heterocycles. The lowest BCUT2D eigenvalue weighted by Gasteiger charge is -2.26. The summed E-state index contributed by atoms with van der Waals surface area (Å²) in [4.78, 5) is 14.1. The zero-order chi connectivity index (χ0) is 19.3. The van der Waals surface area contributed by atoms with Crippen LogP contribution in [0.4, 0.5) is 5.69 Å². The molecule has 0 bridgehead atoms. The van der Waals surface area contributed by atoms with Crippen LogP contribution in [0.15, 0.2) is 48.5 Å². The van der Waals surface area contributed by atoms with Crippen LogP contribution in [0.25, 0.3) is 0 Å². The van der Waals surface area contributed by atoms with Gasteiger partial charge in [-0.05, 0) is 36.2 Å². The number of anilines is 1. The van der Waals surface area contributed by atoms with Gasteiger partial charge in [0, 0.05) is 13.6 Å². The van der Waals surface area contributed by atoms with Crippen LogP contribution in [0.1, 0.15) is 11.1 Å². The molecule has 0 radical (unpaired) electrons. The minimum atomic E-state index is -3.58. The van der Waals surface area contributed by atoms with Crippen LogP contribution in [0.2, 0.25) is 0 Å². The fraction of sp³-hybridized carbons (Fsp3) is 0.316. The first-order valence-electron chi connectivity index (χ1n) is 8.12. The molecule has 26 heavy (non-hydrogen) atoms. The van der Waals surface area contributed by atoms with Gasteiger partial charge in [-0.3, -0.25) is 9.10 Å². The molecular weight excluding hydrogens is 352 g/mol. The topological polar surface area (TPSA) is 66.9 Å². The third kappa shape index (κ3) is 4.98. The van der Waals surface area contributed by atoms with Crippen LogP contribution in [0.5, 0.6) is 5.75 Å². The molecule has 0 fully saturated rings. The third-order valence-corrected chi connectivity index (χ3v) is 5.19. The molecule has 6 nitrogen and oxygen atoms in total. The normalized spacial score (nSPS) is 11.1. The molecule has 1 amide bonds. The van der Waals surface area contributed by atoms with Crippen molar-refractivity contribution in [2.75, 3.05) is 31.3 Å². The molecule has 0 aromatic heterocycles. The minimum absolute atomic E-state index is 0.240. The van der Waals surface area contributed by atoms with E-state index in [1.54, 1.807) is 26.3 Å². The lowest BCUT2D eigenvalue weighted by atomic mass is 10.2. The van der Waals surface area contributed by atoms with Crippen LogP contribution < -0.4 is 9.04 Å². The van der Waals surface area contributed by atoms with Gasteiger partial charge in [0.1, 0.15) is 12.3 Å². The summed E-state index contributed by atoms with van der Waals surface area (Å²) in [6, 6.07) is 14.5. The van der Waals surface area contributed by atoms with Gasteiger partial charge < -0.3 is 9.64 Å². The molecule has 0 heterocycles. The van der Waals surface area contributed by atoms with Crippen LogP contribution in [-0.2, 0) is 21.4 Å². The molecule has 2 rings (SSSR count). The molecule has 2 aromatic rings. The molecule has 0 spiro atoms. The first-order chi connectivity index (χ1) is 12.2. The Balaban J connectivity index is 2.14. The summed E-state index contributed by atoms with van der Waals surface area (Å²) in [5, 5.41) is 0. The predicted molar refractivity (Wildman–Crippen MR) is 103 cm³/mol. The van der Waals surface area contributed by atoms with Crippen LogP contribution in [-0.4, -0.2) is 46.2 Å². The molecule has 140 valence electrons. The molecule has 0 aliphatic rings. The van der Waals surface area contributed by atoms with Crippen molar-refractivity contribution in [2.45, 2.75) is 13.5 Å². The minimum Gasteiger partial charge on any atom is -0.497 e. The van der Waals surface area contributed by atoms with Gasteiger partial charge in [-0.25, -0.2) is 8.42 Å². The molecule has 0 aliphatic heterocycles. The van der Waals surface area contributed by atoms with E-state index in [1.165, 1.54) is 4.90 Å². The second-order valence-electron chi connectivity index (χ2n) is 6.15. The van der Waals surface area contributed by atoms with E-state index in [2.05, 4.69) is 0 Å². The highest BCUT2D eigenvalue weighted by Gasteiger charge is 2.23. The maximum atomic E-state index is 12.6. The monoisotopic (exact) mass is 376 g/mol. The Bertz CT molecular complexity index is 863. The molecule has 7 heteroatoms. The van der Waals surface area contributed by atoms with Gasteiger partial charge in [0.05, 0.1) is 19.1 Å². The lowest BCUT2D eigenvalue weighted by Crippen LogP contribution is -2.41. The highest BCUT2D eigenvalue weighted by atomic mass is 32.2. The Labute approximate surface area is 155 Å². The highest BCUT2D eigenvalue weighted by Crippen LogP contribution is 2.22. The quantitative estimate of drug-likeness (QED) is 0.744. The second kappa shape index (κ2) is 8.23. The zero-order valence-corrected chi connectivity index (χ0v) is 16.3. The Morgan fingerprint density at radius 3 is 2.23 bits per heavy atom. The summed E-state index contributed by atoms with van der Waals surface area (Å²) >= 11 is 0. The van der Waals surface area contributed by atoms with E-state index in [0.717, 1.165) is 27.4 Å². The number of sulfonamides is 1. The summed E-state index contributed by atoms with van der Waals surface area (Å²) < 4.78 is 30.7. The zero-order valence-electron chi connectivity index (χ0n) is 15.5. The van der Waals surface area contributed by atoms with Gasteiger partial charge in [0.25, 0.3) is 0 Å².